The molecule has 0 aliphatic rings. The average molecular weight is 299 g/mol. The number of Topliss-reactive ketones (excluding diaryl/α,β-unsaturated/α-hetero) is 1. The number of rotatable bonds is 4. The molecule has 0 amide bonds. The fourth-order valence-corrected chi connectivity index (χ4v) is 2.01. The molecule has 0 saturated carbocycles. The zero-order valence-corrected chi connectivity index (χ0v) is 12.0. The van der Waals surface area contributed by atoms with Crippen LogP contribution in [0.25, 0.3) is 11.4 Å². The molecule has 0 aliphatic heterocycles. The molecule has 2 rings (SSSR count). The smallest absolute Gasteiger partial charge is 0.234 e. The summed E-state index contributed by atoms with van der Waals surface area (Å²) in [4.78, 5) is 15.8. The van der Waals surface area contributed by atoms with E-state index in [-0.39, 0.29) is 18.1 Å². The number of aromatic nitrogens is 2. The van der Waals surface area contributed by atoms with Gasteiger partial charge in [-0.1, -0.05) is 42.2 Å². The second-order valence-electron chi connectivity index (χ2n) is 4.47. The lowest BCUT2D eigenvalue weighted by Gasteiger charge is -1.99. The lowest BCUT2D eigenvalue weighted by molar-refractivity contribution is -0.121. The molecule has 0 bridgehead atoms. The molecule has 100 valence electrons. The first-order valence-electron chi connectivity index (χ1n) is 5.77. The van der Waals surface area contributed by atoms with Gasteiger partial charge in [-0.2, -0.15) is 4.98 Å². The first-order chi connectivity index (χ1) is 8.95. The van der Waals surface area contributed by atoms with Gasteiger partial charge in [0, 0.05) is 21.5 Å². The van der Waals surface area contributed by atoms with Crippen molar-refractivity contribution >= 4 is 29.0 Å². The molecule has 0 N–H and O–H groups in total. The van der Waals surface area contributed by atoms with Gasteiger partial charge in [0.05, 0.1) is 6.42 Å². The minimum Gasteiger partial charge on any atom is -0.339 e. The van der Waals surface area contributed by atoms with E-state index in [0.29, 0.717) is 27.3 Å². The van der Waals surface area contributed by atoms with E-state index in [4.69, 9.17) is 27.7 Å². The Hall–Kier alpha value is -1.39. The summed E-state index contributed by atoms with van der Waals surface area (Å²) in [6, 6.07) is 4.99. The van der Waals surface area contributed by atoms with Crippen LogP contribution >= 0.6 is 23.2 Å². The van der Waals surface area contributed by atoms with Crippen molar-refractivity contribution in [3.8, 4) is 11.4 Å². The topological polar surface area (TPSA) is 56.0 Å². The van der Waals surface area contributed by atoms with Gasteiger partial charge in [0.25, 0.3) is 0 Å². The normalized spacial score (nSPS) is 11.0. The molecule has 0 aliphatic carbocycles. The van der Waals surface area contributed by atoms with Crippen LogP contribution in [-0.2, 0) is 11.2 Å². The molecule has 2 aromatic rings. The maximum absolute atomic E-state index is 11.6. The molecule has 0 radical (unpaired) electrons. The summed E-state index contributed by atoms with van der Waals surface area (Å²) in [5.41, 5.74) is 0.657. The van der Waals surface area contributed by atoms with Gasteiger partial charge < -0.3 is 4.52 Å². The molecule has 0 unspecified atom stereocenters. The summed E-state index contributed by atoms with van der Waals surface area (Å²) in [6.07, 6.45) is 0.138. The molecule has 0 spiro atoms. The van der Waals surface area contributed by atoms with E-state index < -0.39 is 0 Å². The number of nitrogens with zero attached hydrogens (tertiary/aromatic N) is 2. The predicted molar refractivity (Wildman–Crippen MR) is 73.3 cm³/mol. The van der Waals surface area contributed by atoms with Gasteiger partial charge in [-0.15, -0.1) is 0 Å². The molecule has 0 atom stereocenters. The molecule has 19 heavy (non-hydrogen) atoms. The van der Waals surface area contributed by atoms with Crippen LogP contribution in [0, 0.1) is 5.92 Å². The summed E-state index contributed by atoms with van der Waals surface area (Å²) < 4.78 is 5.05. The zero-order chi connectivity index (χ0) is 14.0. The fraction of sp³-hybridized carbons (Fsp3) is 0.308. The third kappa shape index (κ3) is 3.55. The van der Waals surface area contributed by atoms with Crippen molar-refractivity contribution in [1.82, 2.24) is 10.1 Å². The highest BCUT2D eigenvalue weighted by atomic mass is 35.5. The number of hydrogen-bond acceptors (Lipinski definition) is 4. The summed E-state index contributed by atoms with van der Waals surface area (Å²) in [5.74, 6) is 0.663. The van der Waals surface area contributed by atoms with E-state index >= 15 is 0 Å². The van der Waals surface area contributed by atoms with E-state index in [2.05, 4.69) is 10.1 Å². The zero-order valence-electron chi connectivity index (χ0n) is 10.5. The second-order valence-corrected chi connectivity index (χ2v) is 5.34. The summed E-state index contributed by atoms with van der Waals surface area (Å²) in [5, 5.41) is 4.81. The molecule has 0 fully saturated rings. The Kier molecular flexibility index (Phi) is 4.22. The van der Waals surface area contributed by atoms with Gasteiger partial charge in [0.15, 0.2) is 0 Å². The van der Waals surface area contributed by atoms with Gasteiger partial charge in [0.2, 0.25) is 11.7 Å². The van der Waals surface area contributed by atoms with Gasteiger partial charge >= 0.3 is 0 Å². The SMILES string of the molecule is CC(C)C(=O)Cc1nc(-c2cc(Cl)cc(Cl)c2)no1. The lowest BCUT2D eigenvalue weighted by Crippen LogP contribution is -2.10. The predicted octanol–water partition coefficient (Wildman–Crippen LogP) is 3.81. The first-order valence-corrected chi connectivity index (χ1v) is 6.53. The Bertz CT molecular complexity index is 588. The Labute approximate surface area is 120 Å². The second kappa shape index (κ2) is 5.72. The van der Waals surface area contributed by atoms with Gasteiger partial charge in [-0.25, -0.2) is 0 Å². The summed E-state index contributed by atoms with van der Waals surface area (Å²) in [7, 11) is 0. The maximum atomic E-state index is 11.6. The minimum absolute atomic E-state index is 0.0549. The Morgan fingerprint density at radius 3 is 2.47 bits per heavy atom. The highest BCUT2D eigenvalue weighted by Gasteiger charge is 2.15. The van der Waals surface area contributed by atoms with Crippen molar-refractivity contribution in [2.24, 2.45) is 5.92 Å². The van der Waals surface area contributed by atoms with Crippen molar-refractivity contribution in [2.75, 3.05) is 0 Å². The Morgan fingerprint density at radius 2 is 1.89 bits per heavy atom. The van der Waals surface area contributed by atoms with Gasteiger partial charge in [0.1, 0.15) is 5.78 Å². The van der Waals surface area contributed by atoms with E-state index in [0.717, 1.165) is 0 Å². The highest BCUT2D eigenvalue weighted by Crippen LogP contribution is 2.25. The van der Waals surface area contributed by atoms with Crippen LogP contribution in [0.2, 0.25) is 10.0 Å². The third-order valence-electron chi connectivity index (χ3n) is 2.56. The molecule has 1 aromatic carbocycles. The largest absolute Gasteiger partial charge is 0.339 e. The monoisotopic (exact) mass is 298 g/mol. The number of halogens is 2. The fourth-order valence-electron chi connectivity index (χ4n) is 1.48. The van der Waals surface area contributed by atoms with Crippen molar-refractivity contribution < 1.29 is 9.32 Å². The first kappa shape index (κ1) is 14.0. The van der Waals surface area contributed by atoms with Crippen molar-refractivity contribution in [3.05, 3.63) is 34.1 Å². The van der Waals surface area contributed by atoms with Crippen molar-refractivity contribution in [2.45, 2.75) is 20.3 Å². The van der Waals surface area contributed by atoms with Crippen molar-refractivity contribution in [1.29, 1.82) is 0 Å². The lowest BCUT2D eigenvalue weighted by atomic mass is 10.1. The highest BCUT2D eigenvalue weighted by molar-refractivity contribution is 6.35. The number of carbonyl (C=O) groups excluding carboxylic acids is 1. The number of carbonyl (C=O) groups is 1. The molecule has 1 heterocycles. The number of ketones is 1. The van der Waals surface area contributed by atoms with E-state index in [9.17, 15) is 4.79 Å². The van der Waals surface area contributed by atoms with Crippen LogP contribution in [0.5, 0.6) is 0 Å². The number of benzene rings is 1. The van der Waals surface area contributed by atoms with E-state index in [1.165, 1.54) is 0 Å². The minimum atomic E-state index is -0.0593. The van der Waals surface area contributed by atoms with Crippen LogP contribution in [0.1, 0.15) is 19.7 Å². The molecular formula is C13H12Cl2N2O2. The molecule has 0 saturated heterocycles. The average Bonchev–Trinajstić information content (AvgIpc) is 2.76. The van der Waals surface area contributed by atoms with E-state index in [1.54, 1.807) is 18.2 Å². The van der Waals surface area contributed by atoms with E-state index in [1.807, 2.05) is 13.8 Å². The Balaban J connectivity index is 2.23. The standard InChI is InChI=1S/C13H12Cl2N2O2/c1-7(2)11(18)6-12-16-13(17-19-12)8-3-9(14)5-10(15)4-8/h3-5,7H,6H2,1-2H3. The third-order valence-corrected chi connectivity index (χ3v) is 2.99. The van der Waals surface area contributed by atoms with Crippen LogP contribution in [0.15, 0.2) is 22.7 Å². The molecule has 1 aromatic heterocycles. The molecular weight excluding hydrogens is 287 g/mol. The van der Waals surface area contributed by atoms with Crippen molar-refractivity contribution in [3.63, 3.8) is 0 Å². The Morgan fingerprint density at radius 1 is 1.26 bits per heavy atom. The van der Waals surface area contributed by atoms with Crippen LogP contribution in [0.3, 0.4) is 0 Å². The van der Waals surface area contributed by atoms with Crippen LogP contribution < -0.4 is 0 Å². The quantitative estimate of drug-likeness (QED) is 0.861. The summed E-state index contributed by atoms with van der Waals surface area (Å²) in [6.45, 7) is 3.66. The number of hydrogen-bond donors (Lipinski definition) is 0. The molecule has 6 heteroatoms. The van der Waals surface area contributed by atoms with Gasteiger partial charge in [-0.3, -0.25) is 4.79 Å². The van der Waals surface area contributed by atoms with Crippen LogP contribution in [0.4, 0.5) is 0 Å². The molecule has 4 nitrogen and oxygen atoms in total. The maximum Gasteiger partial charge on any atom is 0.234 e. The van der Waals surface area contributed by atoms with Gasteiger partial charge in [-0.05, 0) is 18.2 Å². The summed E-state index contributed by atoms with van der Waals surface area (Å²) >= 11 is 11.8. The van der Waals surface area contributed by atoms with Crippen LogP contribution in [-0.4, -0.2) is 15.9 Å².